The second-order valence-electron chi connectivity index (χ2n) is 7.24. The van der Waals surface area contributed by atoms with Crippen LogP contribution in [0.3, 0.4) is 0 Å². The molecular formula is C22H19N5O4S. The SMILES string of the molecule is CCc1ccccc1NC(=O)Cn1nc2n(Cc3ccco3)c(=O)c3sccc3n2c1=O. The topological polar surface area (TPSA) is 104 Å². The Morgan fingerprint density at radius 2 is 2.00 bits per heavy atom. The Morgan fingerprint density at radius 3 is 2.78 bits per heavy atom. The number of furan rings is 1. The third-order valence-corrected chi connectivity index (χ3v) is 6.14. The maximum absolute atomic E-state index is 13.2. The molecule has 0 bridgehead atoms. The molecule has 1 amide bonds. The molecule has 0 spiro atoms. The van der Waals surface area contributed by atoms with Gasteiger partial charge < -0.3 is 9.73 Å². The van der Waals surface area contributed by atoms with E-state index < -0.39 is 5.69 Å². The van der Waals surface area contributed by atoms with Crippen molar-refractivity contribution in [1.82, 2.24) is 18.7 Å². The van der Waals surface area contributed by atoms with E-state index in [-0.39, 0.29) is 30.3 Å². The van der Waals surface area contributed by atoms with Gasteiger partial charge in [-0.2, -0.15) is 0 Å². The van der Waals surface area contributed by atoms with Crippen molar-refractivity contribution in [2.75, 3.05) is 5.32 Å². The van der Waals surface area contributed by atoms with E-state index in [0.717, 1.165) is 16.7 Å². The van der Waals surface area contributed by atoms with Gasteiger partial charge in [0, 0.05) is 5.69 Å². The van der Waals surface area contributed by atoms with Crippen molar-refractivity contribution in [3.63, 3.8) is 0 Å². The molecule has 0 atom stereocenters. The summed E-state index contributed by atoms with van der Waals surface area (Å²) in [5.41, 5.74) is 1.41. The molecule has 32 heavy (non-hydrogen) atoms. The molecule has 0 radical (unpaired) electrons. The van der Waals surface area contributed by atoms with Crippen LogP contribution >= 0.6 is 11.3 Å². The summed E-state index contributed by atoms with van der Waals surface area (Å²) < 4.78 is 9.65. The van der Waals surface area contributed by atoms with E-state index in [4.69, 9.17) is 4.42 Å². The van der Waals surface area contributed by atoms with Gasteiger partial charge in [-0.3, -0.25) is 14.2 Å². The number of nitrogens with zero attached hydrogens (tertiary/aromatic N) is 4. The van der Waals surface area contributed by atoms with Crippen molar-refractivity contribution in [3.05, 3.63) is 86.3 Å². The third kappa shape index (κ3) is 3.34. The summed E-state index contributed by atoms with van der Waals surface area (Å²) in [5.74, 6) is 0.336. The van der Waals surface area contributed by atoms with E-state index in [0.29, 0.717) is 21.7 Å². The Kier molecular flexibility index (Phi) is 4.98. The fourth-order valence-corrected chi connectivity index (χ4v) is 4.54. The number of aryl methyl sites for hydroxylation is 1. The lowest BCUT2D eigenvalue weighted by Gasteiger charge is -2.09. The second-order valence-corrected chi connectivity index (χ2v) is 8.16. The van der Waals surface area contributed by atoms with Gasteiger partial charge in [0.15, 0.2) is 0 Å². The molecule has 4 heterocycles. The maximum Gasteiger partial charge on any atom is 0.352 e. The Hall–Kier alpha value is -3.92. The summed E-state index contributed by atoms with van der Waals surface area (Å²) in [6, 6.07) is 12.7. The predicted octanol–water partition coefficient (Wildman–Crippen LogP) is 2.71. The van der Waals surface area contributed by atoms with Crippen molar-refractivity contribution >= 4 is 38.9 Å². The van der Waals surface area contributed by atoms with E-state index in [9.17, 15) is 14.4 Å². The van der Waals surface area contributed by atoms with Crippen LogP contribution in [0.1, 0.15) is 18.2 Å². The highest BCUT2D eigenvalue weighted by Gasteiger charge is 2.20. The molecule has 1 aromatic carbocycles. The zero-order valence-electron chi connectivity index (χ0n) is 17.1. The lowest BCUT2D eigenvalue weighted by atomic mass is 10.1. The molecule has 0 saturated heterocycles. The highest BCUT2D eigenvalue weighted by Crippen LogP contribution is 2.18. The molecule has 5 aromatic rings. The van der Waals surface area contributed by atoms with Crippen molar-refractivity contribution in [1.29, 1.82) is 0 Å². The first kappa shape index (κ1) is 20.0. The number of amides is 1. The molecular weight excluding hydrogens is 430 g/mol. The number of para-hydroxylation sites is 1. The van der Waals surface area contributed by atoms with Gasteiger partial charge in [-0.15, -0.1) is 16.4 Å². The quantitative estimate of drug-likeness (QED) is 0.429. The second kappa shape index (κ2) is 7.97. The number of hydrogen-bond donors (Lipinski definition) is 1. The van der Waals surface area contributed by atoms with Gasteiger partial charge in [0.1, 0.15) is 17.0 Å². The number of thiophene rings is 1. The molecule has 10 heteroatoms. The normalized spacial score (nSPS) is 11.4. The highest BCUT2D eigenvalue weighted by atomic mass is 32.1. The molecule has 9 nitrogen and oxygen atoms in total. The van der Waals surface area contributed by atoms with Gasteiger partial charge in [-0.25, -0.2) is 13.9 Å². The van der Waals surface area contributed by atoms with Crippen LogP contribution in [0.5, 0.6) is 0 Å². The van der Waals surface area contributed by atoms with Crippen LogP contribution in [0.2, 0.25) is 0 Å². The standard InChI is InChI=1S/C22H19N5O4S/c1-2-14-6-3-4-8-16(14)23-18(28)13-26-22(30)27-17-9-11-32-19(17)20(29)25(21(27)24-26)12-15-7-5-10-31-15/h3-11H,2,12-13H2,1H3,(H,23,28). The summed E-state index contributed by atoms with van der Waals surface area (Å²) in [5, 5.41) is 8.94. The molecule has 0 unspecified atom stereocenters. The lowest BCUT2D eigenvalue weighted by Crippen LogP contribution is -2.29. The molecule has 0 fully saturated rings. The minimum absolute atomic E-state index is 0.121. The van der Waals surface area contributed by atoms with Crippen LogP contribution in [0.25, 0.3) is 16.0 Å². The van der Waals surface area contributed by atoms with E-state index in [1.165, 1.54) is 26.6 Å². The summed E-state index contributed by atoms with van der Waals surface area (Å²) in [6.45, 7) is 1.84. The molecule has 1 N–H and O–H groups in total. The van der Waals surface area contributed by atoms with Gasteiger partial charge in [-0.1, -0.05) is 25.1 Å². The highest BCUT2D eigenvalue weighted by molar-refractivity contribution is 7.17. The Bertz CT molecular complexity index is 1560. The number of rotatable bonds is 6. The number of anilines is 1. The van der Waals surface area contributed by atoms with Gasteiger partial charge in [0.2, 0.25) is 11.7 Å². The van der Waals surface area contributed by atoms with Crippen LogP contribution in [0.4, 0.5) is 5.69 Å². The summed E-state index contributed by atoms with van der Waals surface area (Å²) in [4.78, 5) is 38.9. The zero-order chi connectivity index (χ0) is 22.2. The van der Waals surface area contributed by atoms with Crippen molar-refractivity contribution < 1.29 is 9.21 Å². The van der Waals surface area contributed by atoms with Crippen LogP contribution in [-0.2, 0) is 24.3 Å². The third-order valence-electron chi connectivity index (χ3n) is 5.25. The van der Waals surface area contributed by atoms with Crippen molar-refractivity contribution in [2.24, 2.45) is 0 Å². The minimum Gasteiger partial charge on any atom is -0.467 e. The predicted molar refractivity (Wildman–Crippen MR) is 121 cm³/mol. The van der Waals surface area contributed by atoms with E-state index in [1.54, 1.807) is 23.6 Å². The number of carbonyl (C=O) groups excluding carboxylic acids is 1. The zero-order valence-corrected chi connectivity index (χ0v) is 18.0. The van der Waals surface area contributed by atoms with Gasteiger partial charge in [-0.05, 0) is 41.6 Å². The number of fused-ring (bicyclic) bond motifs is 3. The van der Waals surface area contributed by atoms with Gasteiger partial charge in [0.05, 0.1) is 18.3 Å². The number of nitrogens with one attached hydrogen (secondary N) is 1. The summed E-state index contributed by atoms with van der Waals surface area (Å²) >= 11 is 1.25. The molecule has 0 saturated carbocycles. The van der Waals surface area contributed by atoms with Crippen LogP contribution < -0.4 is 16.6 Å². The fraction of sp³-hybridized carbons (Fsp3) is 0.182. The van der Waals surface area contributed by atoms with Crippen LogP contribution in [0, 0.1) is 0 Å². The molecule has 162 valence electrons. The maximum atomic E-state index is 13.2. The summed E-state index contributed by atoms with van der Waals surface area (Å²) in [7, 11) is 0. The lowest BCUT2D eigenvalue weighted by molar-refractivity contribution is -0.117. The first-order valence-electron chi connectivity index (χ1n) is 10.1. The number of benzene rings is 1. The van der Waals surface area contributed by atoms with Crippen LogP contribution in [-0.4, -0.2) is 24.7 Å². The smallest absolute Gasteiger partial charge is 0.352 e. The molecule has 5 rings (SSSR count). The van der Waals surface area contributed by atoms with Gasteiger partial charge >= 0.3 is 5.69 Å². The molecule has 0 aliphatic heterocycles. The van der Waals surface area contributed by atoms with Crippen LogP contribution in [0.15, 0.2) is 68.1 Å². The largest absolute Gasteiger partial charge is 0.467 e. The Labute approximate surface area is 185 Å². The average molecular weight is 449 g/mol. The van der Waals surface area contributed by atoms with Crippen molar-refractivity contribution in [3.8, 4) is 0 Å². The molecule has 0 aliphatic rings. The molecule has 4 aromatic heterocycles. The average Bonchev–Trinajstić information content (AvgIpc) is 3.53. The number of carbonyl (C=O) groups is 1. The first-order chi connectivity index (χ1) is 15.6. The number of aromatic nitrogens is 4. The van der Waals surface area contributed by atoms with Crippen molar-refractivity contribution in [2.45, 2.75) is 26.4 Å². The molecule has 0 aliphatic carbocycles. The van der Waals surface area contributed by atoms with Gasteiger partial charge in [0.25, 0.3) is 5.56 Å². The Morgan fingerprint density at radius 1 is 1.16 bits per heavy atom. The monoisotopic (exact) mass is 449 g/mol. The van der Waals surface area contributed by atoms with E-state index in [1.807, 2.05) is 31.2 Å². The Balaban J connectivity index is 1.57. The minimum atomic E-state index is -0.490. The summed E-state index contributed by atoms with van der Waals surface area (Å²) in [6.07, 6.45) is 2.28. The van der Waals surface area contributed by atoms with E-state index in [2.05, 4.69) is 10.4 Å². The number of hydrogen-bond acceptors (Lipinski definition) is 6. The first-order valence-corrected chi connectivity index (χ1v) is 10.9. The fourth-order valence-electron chi connectivity index (χ4n) is 3.71. The van der Waals surface area contributed by atoms with E-state index >= 15 is 0 Å².